The van der Waals surface area contributed by atoms with E-state index < -0.39 is 0 Å². The summed E-state index contributed by atoms with van der Waals surface area (Å²) in [6, 6.07) is 13.9. The number of carbonyl (C=O) groups excluding carboxylic acids is 1. The van der Waals surface area contributed by atoms with Crippen molar-refractivity contribution in [3.8, 4) is 0 Å². The monoisotopic (exact) mass is 456 g/mol. The second-order valence-corrected chi connectivity index (χ2v) is 8.10. The summed E-state index contributed by atoms with van der Waals surface area (Å²) < 4.78 is 14.7. The summed E-state index contributed by atoms with van der Waals surface area (Å²) in [5.41, 5.74) is 2.56. The Morgan fingerprint density at radius 2 is 1.83 bits per heavy atom. The van der Waals surface area contributed by atoms with Crippen LogP contribution in [0.4, 0.5) is 15.8 Å². The number of nitrogens with one attached hydrogen (secondary N) is 1. The molecule has 1 unspecified atom stereocenters. The molecule has 1 aliphatic heterocycles. The van der Waals surface area contributed by atoms with Gasteiger partial charge in [0.05, 0.1) is 11.6 Å². The van der Waals surface area contributed by atoms with Gasteiger partial charge in [0.2, 0.25) is 5.91 Å². The lowest BCUT2D eigenvalue weighted by Crippen LogP contribution is -2.52. The summed E-state index contributed by atoms with van der Waals surface area (Å²) in [7, 11) is 0. The van der Waals surface area contributed by atoms with Crippen LogP contribution in [0.2, 0.25) is 0 Å². The van der Waals surface area contributed by atoms with Gasteiger partial charge in [-0.15, -0.1) is 0 Å². The summed E-state index contributed by atoms with van der Waals surface area (Å²) in [6.45, 7) is 4.99. The van der Waals surface area contributed by atoms with Crippen LogP contribution >= 0.6 is 15.9 Å². The zero-order valence-electron chi connectivity index (χ0n) is 16.1. The summed E-state index contributed by atoms with van der Waals surface area (Å²) in [5, 5.41) is 3.80. The van der Waals surface area contributed by atoms with E-state index in [2.05, 4.69) is 36.0 Å². The van der Waals surface area contributed by atoms with E-state index in [0.717, 1.165) is 52.9 Å². The molecule has 4 rings (SSSR count). The van der Waals surface area contributed by atoms with Crippen LogP contribution in [-0.4, -0.2) is 48.0 Å². The number of aromatic nitrogens is 1. The Morgan fingerprint density at radius 3 is 2.55 bits per heavy atom. The minimum Gasteiger partial charge on any atom is -0.368 e. The number of anilines is 2. The van der Waals surface area contributed by atoms with Gasteiger partial charge < -0.3 is 10.2 Å². The molecule has 3 aromatic rings. The van der Waals surface area contributed by atoms with Crippen molar-refractivity contribution in [3.05, 3.63) is 65.0 Å². The number of halogens is 2. The number of hydrogen-bond donors (Lipinski definition) is 1. The third-order valence-corrected chi connectivity index (χ3v) is 5.90. The minimum absolute atomic E-state index is 0.0165. The molecule has 5 nitrogen and oxygen atoms in total. The lowest BCUT2D eigenvalue weighted by atomic mass is 10.1. The van der Waals surface area contributed by atoms with Gasteiger partial charge in [-0.1, -0.05) is 15.9 Å². The molecule has 1 amide bonds. The van der Waals surface area contributed by atoms with Crippen LogP contribution in [0.25, 0.3) is 10.9 Å². The highest BCUT2D eigenvalue weighted by molar-refractivity contribution is 9.10. The fraction of sp³-hybridized carbons (Fsp3) is 0.273. The van der Waals surface area contributed by atoms with Crippen molar-refractivity contribution < 1.29 is 9.18 Å². The van der Waals surface area contributed by atoms with Gasteiger partial charge in [0, 0.05) is 53.6 Å². The fourth-order valence-corrected chi connectivity index (χ4v) is 3.94. The molecule has 29 heavy (non-hydrogen) atoms. The first-order valence-electron chi connectivity index (χ1n) is 9.61. The first-order chi connectivity index (χ1) is 14.0. The molecule has 2 aromatic carbocycles. The van der Waals surface area contributed by atoms with Crippen molar-refractivity contribution in [2.24, 2.45) is 0 Å². The van der Waals surface area contributed by atoms with Gasteiger partial charge in [-0.2, -0.15) is 0 Å². The zero-order valence-corrected chi connectivity index (χ0v) is 17.7. The molecule has 0 radical (unpaired) electrons. The number of rotatable bonds is 4. The molecular weight excluding hydrogens is 435 g/mol. The van der Waals surface area contributed by atoms with E-state index in [1.54, 1.807) is 18.3 Å². The first kappa shape index (κ1) is 19.8. The van der Waals surface area contributed by atoms with Gasteiger partial charge in [-0.3, -0.25) is 14.7 Å². The van der Waals surface area contributed by atoms with E-state index >= 15 is 0 Å². The van der Waals surface area contributed by atoms with Gasteiger partial charge in [0.1, 0.15) is 5.82 Å². The number of nitrogens with zero attached hydrogens (tertiary/aromatic N) is 3. The molecule has 1 atom stereocenters. The van der Waals surface area contributed by atoms with Gasteiger partial charge in [-0.25, -0.2) is 4.39 Å². The van der Waals surface area contributed by atoms with Crippen LogP contribution in [-0.2, 0) is 4.79 Å². The highest BCUT2D eigenvalue weighted by Crippen LogP contribution is 2.27. The van der Waals surface area contributed by atoms with E-state index in [9.17, 15) is 9.18 Å². The molecule has 7 heteroatoms. The third kappa shape index (κ3) is 4.41. The molecule has 1 fully saturated rings. The molecule has 150 valence electrons. The summed E-state index contributed by atoms with van der Waals surface area (Å²) in [5.74, 6) is -0.277. The molecule has 1 aromatic heterocycles. The molecule has 0 spiro atoms. The number of hydrogen-bond acceptors (Lipinski definition) is 4. The van der Waals surface area contributed by atoms with Crippen molar-refractivity contribution in [1.82, 2.24) is 9.88 Å². The van der Waals surface area contributed by atoms with Crippen molar-refractivity contribution in [1.29, 1.82) is 0 Å². The number of piperazine rings is 1. The Kier molecular flexibility index (Phi) is 5.78. The summed E-state index contributed by atoms with van der Waals surface area (Å²) >= 11 is 3.40. The lowest BCUT2D eigenvalue weighted by molar-refractivity contribution is -0.120. The number of benzene rings is 2. The van der Waals surface area contributed by atoms with Gasteiger partial charge in [0.15, 0.2) is 0 Å². The minimum atomic E-state index is -0.261. The third-order valence-electron chi connectivity index (χ3n) is 5.37. The molecule has 0 bridgehead atoms. The second kappa shape index (κ2) is 8.47. The van der Waals surface area contributed by atoms with Crippen LogP contribution in [0.15, 0.2) is 59.2 Å². The SMILES string of the molecule is CC(C(=O)Nc1ccc(Br)cc1)N1CCN(c2ccnc3ccc(F)cc23)CC1. The Labute approximate surface area is 177 Å². The van der Waals surface area contributed by atoms with E-state index in [1.165, 1.54) is 6.07 Å². The highest BCUT2D eigenvalue weighted by Gasteiger charge is 2.26. The Hall–Kier alpha value is -2.51. The Morgan fingerprint density at radius 1 is 1.10 bits per heavy atom. The van der Waals surface area contributed by atoms with Crippen molar-refractivity contribution in [2.75, 3.05) is 36.4 Å². The second-order valence-electron chi connectivity index (χ2n) is 7.19. The van der Waals surface area contributed by atoms with Crippen molar-refractivity contribution in [2.45, 2.75) is 13.0 Å². The predicted molar refractivity (Wildman–Crippen MR) is 118 cm³/mol. The summed E-state index contributed by atoms with van der Waals surface area (Å²) in [6.07, 6.45) is 1.76. The largest absolute Gasteiger partial charge is 0.368 e. The highest BCUT2D eigenvalue weighted by atomic mass is 79.9. The predicted octanol–water partition coefficient (Wildman–Crippen LogP) is 4.29. The van der Waals surface area contributed by atoms with Crippen LogP contribution < -0.4 is 10.2 Å². The Balaban J connectivity index is 1.41. The maximum atomic E-state index is 13.7. The normalized spacial score (nSPS) is 16.0. The number of carbonyl (C=O) groups is 1. The van der Waals surface area contributed by atoms with Crippen LogP contribution in [0, 0.1) is 5.82 Å². The maximum absolute atomic E-state index is 13.7. The Bertz CT molecular complexity index is 1020. The first-order valence-corrected chi connectivity index (χ1v) is 10.4. The standard InChI is InChI=1S/C22H22BrFN4O/c1-15(22(29)26-18-5-2-16(23)3-6-18)27-10-12-28(13-11-27)21-8-9-25-20-7-4-17(24)14-19(20)21/h2-9,14-15H,10-13H2,1H3,(H,26,29). The van der Waals surface area contributed by atoms with E-state index in [-0.39, 0.29) is 17.8 Å². The number of pyridine rings is 1. The molecule has 0 aliphatic carbocycles. The van der Waals surface area contributed by atoms with Crippen LogP contribution in [0.1, 0.15) is 6.92 Å². The fourth-order valence-electron chi connectivity index (χ4n) is 3.68. The van der Waals surface area contributed by atoms with Gasteiger partial charge in [0.25, 0.3) is 0 Å². The molecule has 0 saturated carbocycles. The molecule has 2 heterocycles. The number of fused-ring (bicyclic) bond motifs is 1. The molecule has 1 N–H and O–H groups in total. The van der Waals surface area contributed by atoms with Crippen molar-refractivity contribution >= 4 is 44.1 Å². The quantitative estimate of drug-likeness (QED) is 0.636. The average molecular weight is 457 g/mol. The molecule has 1 aliphatic rings. The van der Waals surface area contributed by atoms with Crippen LogP contribution in [0.5, 0.6) is 0 Å². The van der Waals surface area contributed by atoms with Crippen molar-refractivity contribution in [3.63, 3.8) is 0 Å². The van der Waals surface area contributed by atoms with E-state index in [0.29, 0.717) is 0 Å². The smallest absolute Gasteiger partial charge is 0.241 e. The molecule has 1 saturated heterocycles. The van der Waals surface area contributed by atoms with Gasteiger partial charge in [-0.05, 0) is 55.5 Å². The van der Waals surface area contributed by atoms with E-state index in [1.807, 2.05) is 37.3 Å². The topological polar surface area (TPSA) is 48.5 Å². The maximum Gasteiger partial charge on any atom is 0.241 e. The average Bonchev–Trinajstić information content (AvgIpc) is 2.74. The summed E-state index contributed by atoms with van der Waals surface area (Å²) in [4.78, 5) is 21.4. The number of amides is 1. The van der Waals surface area contributed by atoms with Crippen LogP contribution in [0.3, 0.4) is 0 Å². The molecular formula is C22H22BrFN4O. The zero-order chi connectivity index (χ0) is 20.4. The van der Waals surface area contributed by atoms with Gasteiger partial charge >= 0.3 is 0 Å². The lowest BCUT2D eigenvalue weighted by Gasteiger charge is -2.38. The van der Waals surface area contributed by atoms with E-state index in [4.69, 9.17) is 0 Å².